The fraction of sp³-hybridized carbons (Fsp3) is 0.368. The van der Waals surface area contributed by atoms with E-state index in [4.69, 9.17) is 28.4 Å². The van der Waals surface area contributed by atoms with Gasteiger partial charge in [-0.2, -0.15) is 0 Å². The molecule has 13 heteroatoms. The van der Waals surface area contributed by atoms with E-state index in [1.54, 1.807) is 0 Å². The number of halogens is 4. The van der Waals surface area contributed by atoms with Crippen molar-refractivity contribution in [3.05, 3.63) is 108 Å². The fourth-order valence-corrected chi connectivity index (χ4v) is 6.83. The Bertz CT molecular complexity index is 1550. The summed E-state index contributed by atoms with van der Waals surface area (Å²) >= 11 is 0. The monoisotopic (exact) mass is 748 g/mol. The first kappa shape index (κ1) is 39.8. The van der Waals surface area contributed by atoms with Crippen LogP contribution in [0.4, 0.5) is 8.78 Å². The van der Waals surface area contributed by atoms with Crippen LogP contribution in [0.25, 0.3) is 0 Å². The molecule has 4 N–H and O–H groups in total. The van der Waals surface area contributed by atoms with Crippen LogP contribution < -0.4 is 39.1 Å². The molecule has 4 aromatic rings. The minimum absolute atomic E-state index is 0. The molecule has 0 aliphatic carbocycles. The lowest BCUT2D eigenvalue weighted by atomic mass is 9.81. The molecule has 4 aliphatic rings. The molecule has 8 rings (SSSR count). The molecule has 0 spiro atoms. The van der Waals surface area contributed by atoms with Gasteiger partial charge in [-0.15, -0.1) is 24.8 Å². The van der Waals surface area contributed by atoms with E-state index in [1.807, 2.05) is 60.7 Å². The van der Waals surface area contributed by atoms with Crippen molar-refractivity contribution in [2.75, 3.05) is 53.0 Å². The average Bonchev–Trinajstić information content (AvgIpc) is 3.80. The molecule has 4 atom stereocenters. The molecular weight excluding hydrogens is 705 g/mol. The van der Waals surface area contributed by atoms with E-state index in [0.29, 0.717) is 36.9 Å². The average molecular weight is 750 g/mol. The van der Waals surface area contributed by atoms with Gasteiger partial charge < -0.3 is 44.5 Å². The number of benzene rings is 4. The van der Waals surface area contributed by atoms with Gasteiger partial charge in [-0.1, -0.05) is 24.3 Å². The smallest absolute Gasteiger partial charge is 0.231 e. The van der Waals surface area contributed by atoms with E-state index in [0.717, 1.165) is 73.5 Å². The summed E-state index contributed by atoms with van der Waals surface area (Å²) < 4.78 is 59.7. The van der Waals surface area contributed by atoms with Crippen LogP contribution in [0.5, 0.6) is 34.5 Å². The molecule has 4 heterocycles. The first-order valence-electron chi connectivity index (χ1n) is 16.6. The summed E-state index contributed by atoms with van der Waals surface area (Å²) in [4.78, 5) is 0. The van der Waals surface area contributed by atoms with Crippen LogP contribution in [0.1, 0.15) is 35.8 Å². The van der Waals surface area contributed by atoms with E-state index in [9.17, 15) is 8.78 Å². The number of hydrogen-bond donors (Lipinski definition) is 2. The van der Waals surface area contributed by atoms with Crippen LogP contribution in [0.2, 0.25) is 0 Å². The van der Waals surface area contributed by atoms with Gasteiger partial charge >= 0.3 is 0 Å². The second kappa shape index (κ2) is 19.0. The molecule has 2 saturated heterocycles. The van der Waals surface area contributed by atoms with Gasteiger partial charge in [-0.05, 0) is 97.4 Å². The van der Waals surface area contributed by atoms with E-state index in [2.05, 4.69) is 10.6 Å². The van der Waals surface area contributed by atoms with Crippen LogP contribution in [0, 0.1) is 23.5 Å². The highest BCUT2D eigenvalue weighted by Crippen LogP contribution is 2.38. The number of rotatable bonds is 8. The van der Waals surface area contributed by atoms with Crippen molar-refractivity contribution in [3.8, 4) is 34.5 Å². The Hall–Kier alpha value is -4.00. The lowest BCUT2D eigenvalue weighted by Gasteiger charge is -2.32. The topological polar surface area (TPSA) is 111 Å². The van der Waals surface area contributed by atoms with Crippen molar-refractivity contribution < 1.29 is 42.7 Å². The Kier molecular flexibility index (Phi) is 14.8. The third-order valence-corrected chi connectivity index (χ3v) is 9.43. The maximum atomic E-state index is 13.2. The highest BCUT2D eigenvalue weighted by atomic mass is 35.5. The lowest BCUT2D eigenvalue weighted by molar-refractivity contribution is 0.173. The molecule has 0 saturated carbocycles. The van der Waals surface area contributed by atoms with E-state index < -0.39 is 0 Å². The Labute approximate surface area is 309 Å². The van der Waals surface area contributed by atoms with Crippen molar-refractivity contribution in [2.45, 2.75) is 24.7 Å². The highest BCUT2D eigenvalue weighted by Gasteiger charge is 2.28. The summed E-state index contributed by atoms with van der Waals surface area (Å²) in [6, 6.07) is 25.0. The van der Waals surface area contributed by atoms with E-state index >= 15 is 0 Å². The van der Waals surface area contributed by atoms with Gasteiger partial charge in [-0.3, -0.25) is 0 Å². The summed E-state index contributed by atoms with van der Waals surface area (Å²) in [6.07, 6.45) is 2.06. The van der Waals surface area contributed by atoms with Gasteiger partial charge in [0, 0.05) is 37.1 Å². The number of piperidine rings is 2. The van der Waals surface area contributed by atoms with Crippen molar-refractivity contribution in [3.63, 3.8) is 0 Å². The maximum absolute atomic E-state index is 13.2. The molecule has 4 aliphatic heterocycles. The van der Waals surface area contributed by atoms with Gasteiger partial charge in [0.25, 0.3) is 0 Å². The van der Waals surface area contributed by atoms with Crippen LogP contribution in [-0.2, 0) is 0 Å². The molecular formula is C38H44Cl2F2N2O7. The van der Waals surface area contributed by atoms with Crippen molar-refractivity contribution >= 4 is 24.8 Å². The molecule has 4 unspecified atom stereocenters. The third kappa shape index (κ3) is 10.1. The Morgan fingerprint density at radius 2 is 0.941 bits per heavy atom. The van der Waals surface area contributed by atoms with Crippen molar-refractivity contribution in [1.82, 2.24) is 10.6 Å². The summed E-state index contributed by atoms with van der Waals surface area (Å²) in [5, 5.41) is 6.85. The second-order valence-electron chi connectivity index (χ2n) is 12.5. The molecule has 2 fully saturated rings. The Balaban J connectivity index is 0.000000216. The van der Waals surface area contributed by atoms with Crippen molar-refractivity contribution in [1.29, 1.82) is 0 Å². The second-order valence-corrected chi connectivity index (χ2v) is 12.5. The zero-order valence-electron chi connectivity index (χ0n) is 28.0. The number of hydrogen-bond acceptors (Lipinski definition) is 8. The molecule has 9 nitrogen and oxygen atoms in total. The summed E-state index contributed by atoms with van der Waals surface area (Å²) in [6.45, 7) is 5.48. The van der Waals surface area contributed by atoms with Gasteiger partial charge in [0.05, 0.1) is 13.2 Å². The van der Waals surface area contributed by atoms with E-state index in [1.165, 1.54) is 35.4 Å². The summed E-state index contributed by atoms with van der Waals surface area (Å²) in [5.41, 5.74) is 2.36. The predicted octanol–water partition coefficient (Wildman–Crippen LogP) is 6.67. The standard InChI is InChI=1S/2C19H20FNO3.2ClH.H2O/c2*20-15-3-1-13(2-4-15)17-7-8-21-10-14(17)11-22-16-5-6-18-19(9-16)24-12-23-18;;;/h2*1-6,9,14,17,21H,7-8,10-12H2;2*1H;1H2. The maximum Gasteiger partial charge on any atom is 0.231 e. The van der Waals surface area contributed by atoms with Gasteiger partial charge in [0.2, 0.25) is 13.6 Å². The van der Waals surface area contributed by atoms with Crippen LogP contribution in [0.3, 0.4) is 0 Å². The normalized spacial score (nSPS) is 21.1. The van der Waals surface area contributed by atoms with Crippen LogP contribution in [0.15, 0.2) is 84.9 Å². The third-order valence-electron chi connectivity index (χ3n) is 9.43. The molecule has 0 amide bonds. The minimum atomic E-state index is -0.194. The molecule has 0 bridgehead atoms. The lowest BCUT2D eigenvalue weighted by Crippen LogP contribution is -2.38. The summed E-state index contributed by atoms with van der Waals surface area (Å²) in [7, 11) is 0. The molecule has 0 aromatic heterocycles. The largest absolute Gasteiger partial charge is 0.493 e. The number of ether oxygens (including phenoxy) is 6. The summed E-state index contributed by atoms with van der Waals surface area (Å²) in [5.74, 6) is 5.57. The van der Waals surface area contributed by atoms with Crippen LogP contribution >= 0.6 is 24.8 Å². The van der Waals surface area contributed by atoms with Crippen molar-refractivity contribution in [2.24, 2.45) is 11.8 Å². The zero-order chi connectivity index (χ0) is 32.7. The molecule has 4 aromatic carbocycles. The van der Waals surface area contributed by atoms with Gasteiger partial charge in [0.1, 0.15) is 23.1 Å². The fourth-order valence-electron chi connectivity index (χ4n) is 6.83. The van der Waals surface area contributed by atoms with Crippen LogP contribution in [-0.4, -0.2) is 58.5 Å². The van der Waals surface area contributed by atoms with Gasteiger partial charge in [-0.25, -0.2) is 8.78 Å². The van der Waals surface area contributed by atoms with E-state index in [-0.39, 0.29) is 55.5 Å². The predicted molar refractivity (Wildman–Crippen MR) is 194 cm³/mol. The Morgan fingerprint density at radius 3 is 1.35 bits per heavy atom. The zero-order valence-corrected chi connectivity index (χ0v) is 29.6. The minimum Gasteiger partial charge on any atom is -0.493 e. The molecule has 0 radical (unpaired) electrons. The van der Waals surface area contributed by atoms with Gasteiger partial charge in [0.15, 0.2) is 23.0 Å². The molecule has 276 valence electrons. The quantitative estimate of drug-likeness (QED) is 0.206. The highest BCUT2D eigenvalue weighted by molar-refractivity contribution is 5.85. The molecule has 51 heavy (non-hydrogen) atoms. The Morgan fingerprint density at radius 1 is 0.549 bits per heavy atom. The number of fused-ring (bicyclic) bond motifs is 2. The first-order valence-corrected chi connectivity index (χ1v) is 16.6. The SMILES string of the molecule is Cl.Cl.Fc1ccc(C2CCNCC2COc2ccc3c(c2)OCO3)cc1.Fc1ccc(C2CCNCC2COc2ccc3c(c2)OCO3)cc1.O. The number of nitrogens with one attached hydrogen (secondary N) is 2. The first-order chi connectivity index (χ1) is 23.6.